The van der Waals surface area contributed by atoms with Crippen LogP contribution < -0.4 is 10.6 Å². The maximum absolute atomic E-state index is 12.2. The number of amides is 1. The molecule has 0 fully saturated rings. The predicted octanol–water partition coefficient (Wildman–Crippen LogP) is 2.06. The summed E-state index contributed by atoms with van der Waals surface area (Å²) >= 11 is 0. The smallest absolute Gasteiger partial charge is 0.244 e. The largest absolute Gasteiger partial charge is 0.373 e. The van der Waals surface area contributed by atoms with Gasteiger partial charge in [0.25, 0.3) is 0 Å². The normalized spacial score (nSPS) is 11.9. The van der Waals surface area contributed by atoms with Gasteiger partial charge in [-0.3, -0.25) is 4.79 Å². The highest BCUT2D eigenvalue weighted by atomic mass is 16.2. The lowest BCUT2D eigenvalue weighted by Crippen LogP contribution is -2.39. The summed E-state index contributed by atoms with van der Waals surface area (Å²) < 4.78 is 0. The molecule has 1 aromatic heterocycles. The summed E-state index contributed by atoms with van der Waals surface area (Å²) in [6.07, 6.45) is 1.81. The standard InChI is InChI=1S/C15H27N5O/c1-7-9-12-18-13(16-5)10(3)14(19-12)17-11(4)15(21)20(6)8-2/h11H,7-9H2,1-6H3,(H2,16,17,18,19). The van der Waals surface area contributed by atoms with E-state index in [4.69, 9.17) is 0 Å². The molecule has 0 aromatic carbocycles. The molecule has 118 valence electrons. The minimum atomic E-state index is -0.317. The summed E-state index contributed by atoms with van der Waals surface area (Å²) in [6, 6.07) is -0.317. The lowest BCUT2D eigenvalue weighted by atomic mass is 10.2. The van der Waals surface area contributed by atoms with Crippen LogP contribution in [0.1, 0.15) is 38.6 Å². The van der Waals surface area contributed by atoms with E-state index in [0.29, 0.717) is 6.54 Å². The maximum Gasteiger partial charge on any atom is 0.244 e. The minimum absolute atomic E-state index is 0.0542. The summed E-state index contributed by atoms with van der Waals surface area (Å²) in [7, 11) is 3.64. The summed E-state index contributed by atoms with van der Waals surface area (Å²) in [4.78, 5) is 22.9. The molecule has 1 heterocycles. The Hall–Kier alpha value is -1.85. The van der Waals surface area contributed by atoms with Gasteiger partial charge in [-0.25, -0.2) is 9.97 Å². The Morgan fingerprint density at radius 3 is 2.43 bits per heavy atom. The van der Waals surface area contributed by atoms with Crippen molar-refractivity contribution >= 4 is 17.5 Å². The van der Waals surface area contributed by atoms with Crippen molar-refractivity contribution in [1.82, 2.24) is 14.9 Å². The average molecular weight is 293 g/mol. The van der Waals surface area contributed by atoms with E-state index in [9.17, 15) is 4.79 Å². The number of anilines is 2. The second-order valence-electron chi connectivity index (χ2n) is 5.18. The molecule has 0 saturated heterocycles. The van der Waals surface area contributed by atoms with Gasteiger partial charge in [0.05, 0.1) is 0 Å². The molecular formula is C15H27N5O. The van der Waals surface area contributed by atoms with Crippen LogP contribution in [-0.2, 0) is 11.2 Å². The van der Waals surface area contributed by atoms with Gasteiger partial charge >= 0.3 is 0 Å². The molecule has 1 aromatic rings. The van der Waals surface area contributed by atoms with Crippen molar-refractivity contribution in [2.45, 2.75) is 46.6 Å². The van der Waals surface area contributed by atoms with E-state index in [1.54, 1.807) is 11.9 Å². The van der Waals surface area contributed by atoms with E-state index < -0.39 is 0 Å². The van der Waals surface area contributed by atoms with E-state index in [1.165, 1.54) is 0 Å². The van der Waals surface area contributed by atoms with Gasteiger partial charge in [-0.15, -0.1) is 0 Å². The Bertz CT molecular complexity index is 489. The zero-order valence-electron chi connectivity index (χ0n) is 13.9. The third kappa shape index (κ3) is 4.31. The first-order valence-corrected chi connectivity index (χ1v) is 7.51. The van der Waals surface area contributed by atoms with Crippen LogP contribution in [0, 0.1) is 6.92 Å². The van der Waals surface area contributed by atoms with Crippen molar-refractivity contribution in [2.75, 3.05) is 31.3 Å². The van der Waals surface area contributed by atoms with Gasteiger partial charge in [0.1, 0.15) is 23.5 Å². The molecule has 0 aliphatic heterocycles. The fourth-order valence-corrected chi connectivity index (χ4v) is 2.04. The van der Waals surface area contributed by atoms with Crippen LogP contribution in [0.25, 0.3) is 0 Å². The van der Waals surface area contributed by atoms with Crippen LogP contribution in [0.4, 0.5) is 11.6 Å². The predicted molar refractivity (Wildman–Crippen MR) is 86.7 cm³/mol. The zero-order chi connectivity index (χ0) is 16.0. The van der Waals surface area contributed by atoms with Gasteiger partial charge in [-0.05, 0) is 27.2 Å². The third-order valence-corrected chi connectivity index (χ3v) is 3.48. The minimum Gasteiger partial charge on any atom is -0.373 e. The number of rotatable bonds is 7. The first-order valence-electron chi connectivity index (χ1n) is 7.51. The van der Waals surface area contributed by atoms with Gasteiger partial charge in [-0.2, -0.15) is 0 Å². The molecule has 0 saturated carbocycles. The third-order valence-electron chi connectivity index (χ3n) is 3.48. The van der Waals surface area contributed by atoms with E-state index in [0.717, 1.165) is 35.9 Å². The van der Waals surface area contributed by atoms with Gasteiger partial charge in [0.15, 0.2) is 0 Å². The van der Waals surface area contributed by atoms with Crippen molar-refractivity contribution in [1.29, 1.82) is 0 Å². The number of aryl methyl sites for hydroxylation is 1. The zero-order valence-corrected chi connectivity index (χ0v) is 13.9. The molecule has 1 rings (SSSR count). The van der Waals surface area contributed by atoms with Crippen molar-refractivity contribution in [3.63, 3.8) is 0 Å². The Balaban J connectivity index is 3.00. The molecule has 6 nitrogen and oxygen atoms in total. The number of nitrogens with one attached hydrogen (secondary N) is 2. The van der Waals surface area contributed by atoms with Gasteiger partial charge < -0.3 is 15.5 Å². The summed E-state index contributed by atoms with van der Waals surface area (Å²) in [6.45, 7) is 8.55. The number of nitrogens with zero attached hydrogens (tertiary/aromatic N) is 3. The van der Waals surface area contributed by atoms with Crippen molar-refractivity contribution in [3.05, 3.63) is 11.4 Å². The lowest BCUT2D eigenvalue weighted by Gasteiger charge is -2.22. The number of aromatic nitrogens is 2. The van der Waals surface area contributed by atoms with E-state index in [2.05, 4.69) is 27.5 Å². The van der Waals surface area contributed by atoms with Crippen LogP contribution in [0.2, 0.25) is 0 Å². The van der Waals surface area contributed by atoms with Crippen LogP contribution in [0.15, 0.2) is 0 Å². The van der Waals surface area contributed by atoms with E-state index in [1.807, 2.05) is 27.8 Å². The second kappa shape index (κ2) is 7.81. The summed E-state index contributed by atoms with van der Waals surface area (Å²) in [5.41, 5.74) is 0.927. The highest BCUT2D eigenvalue weighted by Gasteiger charge is 2.19. The van der Waals surface area contributed by atoms with E-state index >= 15 is 0 Å². The molecule has 1 unspecified atom stereocenters. The monoisotopic (exact) mass is 293 g/mol. The summed E-state index contributed by atoms with van der Waals surface area (Å²) in [5.74, 6) is 2.37. The Kier molecular flexibility index (Phi) is 6.39. The molecule has 2 N–H and O–H groups in total. The Morgan fingerprint density at radius 2 is 1.90 bits per heavy atom. The quantitative estimate of drug-likeness (QED) is 0.805. The van der Waals surface area contributed by atoms with E-state index in [-0.39, 0.29) is 11.9 Å². The lowest BCUT2D eigenvalue weighted by molar-refractivity contribution is -0.130. The molecular weight excluding hydrogens is 266 g/mol. The van der Waals surface area contributed by atoms with Gasteiger partial charge in [0, 0.05) is 32.6 Å². The molecule has 21 heavy (non-hydrogen) atoms. The van der Waals surface area contributed by atoms with Crippen LogP contribution in [0.5, 0.6) is 0 Å². The molecule has 6 heteroatoms. The molecule has 0 aliphatic carbocycles. The highest BCUT2D eigenvalue weighted by molar-refractivity contribution is 5.84. The topological polar surface area (TPSA) is 70.2 Å². The fraction of sp³-hybridized carbons (Fsp3) is 0.667. The number of likely N-dealkylation sites (N-methyl/N-ethyl adjacent to an activating group) is 1. The number of carbonyl (C=O) groups excluding carboxylic acids is 1. The molecule has 1 amide bonds. The highest BCUT2D eigenvalue weighted by Crippen LogP contribution is 2.21. The molecule has 0 radical (unpaired) electrons. The summed E-state index contributed by atoms with van der Waals surface area (Å²) in [5, 5.41) is 6.30. The van der Waals surface area contributed by atoms with Crippen LogP contribution in [-0.4, -0.2) is 47.5 Å². The first kappa shape index (κ1) is 17.2. The Labute approximate surface area is 127 Å². The molecule has 0 aliphatic rings. The van der Waals surface area contributed by atoms with Crippen LogP contribution in [0.3, 0.4) is 0 Å². The molecule has 1 atom stereocenters. The SMILES string of the molecule is CCCc1nc(NC)c(C)c(NC(C)C(=O)N(C)CC)n1. The number of hydrogen-bond donors (Lipinski definition) is 2. The van der Waals surface area contributed by atoms with Crippen LogP contribution >= 0.6 is 0 Å². The molecule has 0 bridgehead atoms. The Morgan fingerprint density at radius 1 is 1.29 bits per heavy atom. The first-order chi connectivity index (χ1) is 9.94. The maximum atomic E-state index is 12.2. The van der Waals surface area contributed by atoms with Gasteiger partial charge in [-0.1, -0.05) is 6.92 Å². The molecule has 0 spiro atoms. The van der Waals surface area contributed by atoms with Crippen molar-refractivity contribution in [2.24, 2.45) is 0 Å². The van der Waals surface area contributed by atoms with Gasteiger partial charge in [0.2, 0.25) is 5.91 Å². The average Bonchev–Trinajstić information content (AvgIpc) is 2.48. The van der Waals surface area contributed by atoms with Crippen molar-refractivity contribution in [3.8, 4) is 0 Å². The number of carbonyl (C=O) groups is 1. The number of hydrogen-bond acceptors (Lipinski definition) is 5. The van der Waals surface area contributed by atoms with Crippen molar-refractivity contribution < 1.29 is 4.79 Å². The fourth-order valence-electron chi connectivity index (χ4n) is 2.04. The second-order valence-corrected chi connectivity index (χ2v) is 5.18.